The van der Waals surface area contributed by atoms with E-state index in [1.54, 1.807) is 38.1 Å². The SMILES string of the molecule is CC(C)OC(=O)c1cccc(Nc2ncc(Cl)cc2N)c1. The van der Waals surface area contributed by atoms with Crippen LogP contribution in [0.2, 0.25) is 5.02 Å². The number of nitrogens with zero attached hydrogens (tertiary/aromatic N) is 1. The standard InChI is InChI=1S/C15H16ClN3O2/c1-9(2)21-15(20)10-4-3-5-12(6-10)19-14-13(17)7-11(16)8-18-14/h3-9H,17H2,1-2H3,(H,18,19). The summed E-state index contributed by atoms with van der Waals surface area (Å²) in [4.78, 5) is 16.0. The maximum Gasteiger partial charge on any atom is 0.338 e. The Bertz CT molecular complexity index is 659. The highest BCUT2D eigenvalue weighted by atomic mass is 35.5. The number of nitrogens with two attached hydrogens (primary N) is 1. The van der Waals surface area contributed by atoms with Crippen molar-refractivity contribution >= 4 is 34.8 Å². The average Bonchev–Trinajstić information content (AvgIpc) is 2.41. The molecule has 21 heavy (non-hydrogen) atoms. The summed E-state index contributed by atoms with van der Waals surface area (Å²) >= 11 is 5.80. The first-order valence-corrected chi connectivity index (χ1v) is 6.82. The molecule has 0 saturated heterocycles. The average molecular weight is 306 g/mol. The first-order chi connectivity index (χ1) is 9.95. The van der Waals surface area contributed by atoms with Crippen LogP contribution in [-0.4, -0.2) is 17.1 Å². The molecule has 5 nitrogen and oxygen atoms in total. The maximum absolute atomic E-state index is 11.9. The number of anilines is 3. The van der Waals surface area contributed by atoms with Crippen molar-refractivity contribution in [2.75, 3.05) is 11.1 Å². The molecule has 1 heterocycles. The fourth-order valence-electron chi connectivity index (χ4n) is 1.70. The van der Waals surface area contributed by atoms with Gasteiger partial charge in [0.1, 0.15) is 0 Å². The summed E-state index contributed by atoms with van der Waals surface area (Å²) < 4.78 is 5.16. The van der Waals surface area contributed by atoms with E-state index in [0.717, 1.165) is 0 Å². The molecule has 0 unspecified atom stereocenters. The van der Waals surface area contributed by atoms with Gasteiger partial charge >= 0.3 is 5.97 Å². The number of aromatic nitrogens is 1. The zero-order valence-electron chi connectivity index (χ0n) is 11.8. The molecular formula is C15H16ClN3O2. The first-order valence-electron chi connectivity index (χ1n) is 6.45. The maximum atomic E-state index is 11.9. The Morgan fingerprint density at radius 2 is 2.14 bits per heavy atom. The molecule has 0 aliphatic carbocycles. The van der Waals surface area contributed by atoms with Gasteiger partial charge in [-0.2, -0.15) is 0 Å². The molecule has 2 aromatic rings. The lowest BCUT2D eigenvalue weighted by atomic mass is 10.2. The van der Waals surface area contributed by atoms with Gasteiger partial charge in [-0.15, -0.1) is 0 Å². The summed E-state index contributed by atoms with van der Waals surface area (Å²) in [5, 5.41) is 3.51. The Labute approximate surface area is 128 Å². The largest absolute Gasteiger partial charge is 0.459 e. The molecule has 0 spiro atoms. The van der Waals surface area contributed by atoms with Crippen LogP contribution in [-0.2, 0) is 4.74 Å². The Morgan fingerprint density at radius 1 is 1.38 bits per heavy atom. The fraction of sp³-hybridized carbons (Fsp3) is 0.200. The third-order valence-electron chi connectivity index (χ3n) is 2.59. The van der Waals surface area contributed by atoms with Crippen LogP contribution >= 0.6 is 11.6 Å². The van der Waals surface area contributed by atoms with E-state index >= 15 is 0 Å². The van der Waals surface area contributed by atoms with Crippen LogP contribution in [0.25, 0.3) is 0 Å². The zero-order chi connectivity index (χ0) is 15.4. The second kappa shape index (κ2) is 6.45. The number of hydrogen-bond acceptors (Lipinski definition) is 5. The highest BCUT2D eigenvalue weighted by Gasteiger charge is 2.10. The van der Waals surface area contributed by atoms with E-state index in [1.807, 2.05) is 6.07 Å². The van der Waals surface area contributed by atoms with E-state index < -0.39 is 0 Å². The Hall–Kier alpha value is -2.27. The predicted molar refractivity (Wildman–Crippen MR) is 83.9 cm³/mol. The summed E-state index contributed by atoms with van der Waals surface area (Å²) in [6.07, 6.45) is 1.33. The zero-order valence-corrected chi connectivity index (χ0v) is 12.5. The lowest BCUT2D eigenvalue weighted by Crippen LogP contribution is -2.11. The number of ether oxygens (including phenoxy) is 1. The van der Waals surface area contributed by atoms with Gasteiger partial charge in [0, 0.05) is 11.9 Å². The molecule has 0 amide bonds. The summed E-state index contributed by atoms with van der Waals surface area (Å²) in [5.41, 5.74) is 7.41. The number of hydrogen-bond donors (Lipinski definition) is 2. The quantitative estimate of drug-likeness (QED) is 0.843. The van der Waals surface area contributed by atoms with Crippen molar-refractivity contribution in [2.45, 2.75) is 20.0 Å². The van der Waals surface area contributed by atoms with Crippen LogP contribution in [0.15, 0.2) is 36.5 Å². The highest BCUT2D eigenvalue weighted by Crippen LogP contribution is 2.24. The Morgan fingerprint density at radius 3 is 2.81 bits per heavy atom. The molecule has 0 aliphatic heterocycles. The number of esters is 1. The summed E-state index contributed by atoms with van der Waals surface area (Å²) in [7, 11) is 0. The van der Waals surface area contributed by atoms with Gasteiger partial charge in [-0.25, -0.2) is 9.78 Å². The molecule has 6 heteroatoms. The number of rotatable bonds is 4. The third-order valence-corrected chi connectivity index (χ3v) is 2.79. The van der Waals surface area contributed by atoms with Gasteiger partial charge in [-0.3, -0.25) is 0 Å². The molecule has 0 atom stereocenters. The molecule has 3 N–H and O–H groups in total. The molecule has 110 valence electrons. The van der Waals surface area contributed by atoms with Crippen molar-refractivity contribution in [3.8, 4) is 0 Å². The van der Waals surface area contributed by atoms with E-state index in [1.165, 1.54) is 6.20 Å². The van der Waals surface area contributed by atoms with Gasteiger partial charge in [-0.05, 0) is 38.1 Å². The number of nitrogen functional groups attached to an aromatic ring is 1. The van der Waals surface area contributed by atoms with Gasteiger partial charge in [-0.1, -0.05) is 17.7 Å². The highest BCUT2D eigenvalue weighted by molar-refractivity contribution is 6.30. The minimum atomic E-state index is -0.370. The molecule has 0 fully saturated rings. The fourth-order valence-corrected chi connectivity index (χ4v) is 1.87. The second-order valence-electron chi connectivity index (χ2n) is 4.75. The lowest BCUT2D eigenvalue weighted by Gasteiger charge is -2.11. The number of carbonyl (C=O) groups excluding carboxylic acids is 1. The van der Waals surface area contributed by atoms with Gasteiger partial charge in [0.15, 0.2) is 5.82 Å². The van der Waals surface area contributed by atoms with Gasteiger partial charge in [0.2, 0.25) is 0 Å². The Balaban J connectivity index is 2.19. The first kappa shape index (κ1) is 15.1. The number of carbonyl (C=O) groups is 1. The molecule has 0 aliphatic rings. The van der Waals surface area contributed by atoms with Crippen LogP contribution in [0.1, 0.15) is 24.2 Å². The van der Waals surface area contributed by atoms with E-state index in [0.29, 0.717) is 27.8 Å². The molecular weight excluding hydrogens is 290 g/mol. The van der Waals surface area contributed by atoms with E-state index in [2.05, 4.69) is 10.3 Å². The van der Waals surface area contributed by atoms with Crippen molar-refractivity contribution in [3.05, 3.63) is 47.1 Å². The van der Waals surface area contributed by atoms with Crippen molar-refractivity contribution in [1.82, 2.24) is 4.98 Å². The van der Waals surface area contributed by atoms with Gasteiger partial charge < -0.3 is 15.8 Å². The summed E-state index contributed by atoms with van der Waals surface area (Å²) in [6.45, 7) is 3.61. The number of pyridine rings is 1. The summed E-state index contributed by atoms with van der Waals surface area (Å²) in [6, 6.07) is 8.54. The van der Waals surface area contributed by atoms with Crippen LogP contribution in [0, 0.1) is 0 Å². The van der Waals surface area contributed by atoms with Gasteiger partial charge in [0.25, 0.3) is 0 Å². The molecule has 2 rings (SSSR count). The van der Waals surface area contributed by atoms with E-state index in [9.17, 15) is 4.79 Å². The van der Waals surface area contributed by atoms with Crippen molar-refractivity contribution in [3.63, 3.8) is 0 Å². The van der Waals surface area contributed by atoms with E-state index in [-0.39, 0.29) is 12.1 Å². The minimum Gasteiger partial charge on any atom is -0.459 e. The topological polar surface area (TPSA) is 77.2 Å². The normalized spacial score (nSPS) is 10.5. The van der Waals surface area contributed by atoms with Crippen LogP contribution < -0.4 is 11.1 Å². The van der Waals surface area contributed by atoms with E-state index in [4.69, 9.17) is 22.1 Å². The predicted octanol–water partition coefficient (Wildman–Crippen LogP) is 3.63. The van der Waals surface area contributed by atoms with Crippen molar-refractivity contribution in [1.29, 1.82) is 0 Å². The monoisotopic (exact) mass is 305 g/mol. The third kappa shape index (κ3) is 4.10. The van der Waals surface area contributed by atoms with Crippen LogP contribution in [0.4, 0.5) is 17.2 Å². The molecule has 1 aromatic heterocycles. The van der Waals surface area contributed by atoms with Crippen molar-refractivity contribution in [2.24, 2.45) is 0 Å². The molecule has 0 saturated carbocycles. The smallest absolute Gasteiger partial charge is 0.338 e. The lowest BCUT2D eigenvalue weighted by molar-refractivity contribution is 0.0378. The van der Waals surface area contributed by atoms with Gasteiger partial charge in [0.05, 0.1) is 22.4 Å². The second-order valence-corrected chi connectivity index (χ2v) is 5.19. The van der Waals surface area contributed by atoms with Crippen molar-refractivity contribution < 1.29 is 9.53 Å². The molecule has 1 aromatic carbocycles. The Kier molecular flexibility index (Phi) is 4.65. The number of nitrogens with one attached hydrogen (secondary N) is 1. The molecule has 0 radical (unpaired) electrons. The summed E-state index contributed by atoms with van der Waals surface area (Å²) in [5.74, 6) is 0.111. The number of halogens is 1. The van der Waals surface area contributed by atoms with Crippen LogP contribution in [0.3, 0.4) is 0 Å². The number of benzene rings is 1. The van der Waals surface area contributed by atoms with Crippen LogP contribution in [0.5, 0.6) is 0 Å². The molecule has 0 bridgehead atoms. The minimum absolute atomic E-state index is 0.164.